The zero-order valence-corrected chi connectivity index (χ0v) is 11.2. The first kappa shape index (κ1) is 12.1. The van der Waals surface area contributed by atoms with Crippen LogP contribution in [0.3, 0.4) is 0 Å². The average molecular weight is 284 g/mol. The van der Waals surface area contributed by atoms with E-state index >= 15 is 0 Å². The van der Waals surface area contributed by atoms with Crippen LogP contribution in [0.25, 0.3) is 0 Å². The molecule has 2 atom stereocenters. The van der Waals surface area contributed by atoms with Crippen LogP contribution in [0.2, 0.25) is 0 Å². The molecule has 3 heteroatoms. The second-order valence-corrected chi connectivity index (χ2v) is 5.07. The van der Waals surface area contributed by atoms with Gasteiger partial charge >= 0.3 is 0 Å². The third-order valence-electron chi connectivity index (χ3n) is 2.92. The first-order valence-corrected chi connectivity index (χ1v) is 6.71. The Hall–Kier alpha value is -0.380. The second-order valence-electron chi connectivity index (χ2n) is 4.22. The SMILES string of the molecule is CCCC1CNCC(c2ccccc2Br)O1. The normalized spacial score (nSPS) is 25.6. The zero-order chi connectivity index (χ0) is 11.4. The predicted molar refractivity (Wildman–Crippen MR) is 69.5 cm³/mol. The molecule has 1 N–H and O–H groups in total. The summed E-state index contributed by atoms with van der Waals surface area (Å²) in [7, 11) is 0. The summed E-state index contributed by atoms with van der Waals surface area (Å²) in [6.45, 7) is 4.09. The molecule has 16 heavy (non-hydrogen) atoms. The fraction of sp³-hybridized carbons (Fsp3) is 0.538. The van der Waals surface area contributed by atoms with Crippen molar-refractivity contribution in [2.75, 3.05) is 13.1 Å². The molecule has 1 heterocycles. The molecule has 1 saturated heterocycles. The molecule has 1 aliphatic heterocycles. The number of rotatable bonds is 3. The lowest BCUT2D eigenvalue weighted by molar-refractivity contribution is -0.0428. The summed E-state index contributed by atoms with van der Waals surface area (Å²) >= 11 is 3.58. The number of nitrogens with one attached hydrogen (secondary N) is 1. The summed E-state index contributed by atoms with van der Waals surface area (Å²) < 4.78 is 7.24. The topological polar surface area (TPSA) is 21.3 Å². The fourth-order valence-corrected chi connectivity index (χ4v) is 2.66. The van der Waals surface area contributed by atoms with E-state index in [-0.39, 0.29) is 6.10 Å². The van der Waals surface area contributed by atoms with Gasteiger partial charge in [-0.05, 0) is 18.1 Å². The van der Waals surface area contributed by atoms with Gasteiger partial charge in [0.2, 0.25) is 0 Å². The maximum absolute atomic E-state index is 6.10. The Morgan fingerprint density at radius 3 is 2.94 bits per heavy atom. The first-order chi connectivity index (χ1) is 7.81. The summed E-state index contributed by atoms with van der Waals surface area (Å²) in [6, 6.07) is 8.30. The lowest BCUT2D eigenvalue weighted by Crippen LogP contribution is -2.40. The predicted octanol–water partition coefficient (Wildman–Crippen LogP) is 3.28. The second kappa shape index (κ2) is 5.80. The Kier molecular flexibility index (Phi) is 4.38. The standard InChI is InChI=1S/C13H18BrNO/c1-2-5-10-8-15-9-13(16-10)11-6-3-4-7-12(11)14/h3-4,6-7,10,13,15H,2,5,8-9H2,1H3. The quantitative estimate of drug-likeness (QED) is 0.919. The van der Waals surface area contributed by atoms with Gasteiger partial charge in [0.1, 0.15) is 0 Å². The van der Waals surface area contributed by atoms with E-state index in [0.29, 0.717) is 6.10 Å². The van der Waals surface area contributed by atoms with Gasteiger partial charge < -0.3 is 10.1 Å². The van der Waals surface area contributed by atoms with E-state index in [1.165, 1.54) is 12.0 Å². The minimum absolute atomic E-state index is 0.181. The molecule has 0 spiro atoms. The molecule has 1 aromatic rings. The van der Waals surface area contributed by atoms with Crippen molar-refractivity contribution in [3.8, 4) is 0 Å². The van der Waals surface area contributed by atoms with Crippen molar-refractivity contribution in [2.24, 2.45) is 0 Å². The Morgan fingerprint density at radius 2 is 2.19 bits per heavy atom. The Labute approximate surface area is 106 Å². The monoisotopic (exact) mass is 283 g/mol. The number of hydrogen-bond donors (Lipinski definition) is 1. The molecule has 1 fully saturated rings. The molecule has 0 bridgehead atoms. The molecule has 2 rings (SSSR count). The highest BCUT2D eigenvalue weighted by atomic mass is 79.9. The van der Waals surface area contributed by atoms with Crippen LogP contribution in [0, 0.1) is 0 Å². The van der Waals surface area contributed by atoms with Crippen LogP contribution in [-0.2, 0) is 4.74 Å². The van der Waals surface area contributed by atoms with E-state index in [1.807, 2.05) is 6.07 Å². The van der Waals surface area contributed by atoms with Gasteiger partial charge in [0, 0.05) is 17.6 Å². The number of benzene rings is 1. The van der Waals surface area contributed by atoms with Gasteiger partial charge in [-0.15, -0.1) is 0 Å². The molecule has 0 amide bonds. The highest BCUT2D eigenvalue weighted by Gasteiger charge is 2.23. The molecule has 1 aromatic carbocycles. The van der Waals surface area contributed by atoms with Crippen molar-refractivity contribution < 1.29 is 4.74 Å². The minimum Gasteiger partial charge on any atom is -0.368 e. The van der Waals surface area contributed by atoms with Crippen LogP contribution < -0.4 is 5.32 Å². The van der Waals surface area contributed by atoms with Crippen molar-refractivity contribution in [3.05, 3.63) is 34.3 Å². The Bertz CT molecular complexity index is 340. The largest absolute Gasteiger partial charge is 0.368 e. The Morgan fingerprint density at radius 1 is 1.38 bits per heavy atom. The van der Waals surface area contributed by atoms with E-state index in [1.54, 1.807) is 0 Å². The zero-order valence-electron chi connectivity index (χ0n) is 9.58. The van der Waals surface area contributed by atoms with Crippen LogP contribution >= 0.6 is 15.9 Å². The van der Waals surface area contributed by atoms with E-state index in [2.05, 4.69) is 46.4 Å². The highest BCUT2D eigenvalue weighted by Crippen LogP contribution is 2.28. The van der Waals surface area contributed by atoms with Crippen LogP contribution in [0.5, 0.6) is 0 Å². The van der Waals surface area contributed by atoms with Crippen molar-refractivity contribution >= 4 is 15.9 Å². The van der Waals surface area contributed by atoms with Crippen molar-refractivity contribution in [2.45, 2.75) is 32.0 Å². The van der Waals surface area contributed by atoms with Crippen LogP contribution in [0.1, 0.15) is 31.4 Å². The lowest BCUT2D eigenvalue weighted by atomic mass is 10.1. The summed E-state index contributed by atoms with van der Waals surface area (Å²) in [5.74, 6) is 0. The molecule has 2 unspecified atom stereocenters. The van der Waals surface area contributed by atoms with Gasteiger partial charge in [-0.3, -0.25) is 0 Å². The van der Waals surface area contributed by atoms with Crippen molar-refractivity contribution in [1.82, 2.24) is 5.32 Å². The molecule has 88 valence electrons. The van der Waals surface area contributed by atoms with E-state index in [0.717, 1.165) is 24.0 Å². The average Bonchev–Trinajstić information content (AvgIpc) is 2.30. The van der Waals surface area contributed by atoms with E-state index in [4.69, 9.17) is 4.74 Å². The molecule has 2 nitrogen and oxygen atoms in total. The summed E-state index contributed by atoms with van der Waals surface area (Å²) in [4.78, 5) is 0. The molecule has 0 aromatic heterocycles. The number of hydrogen-bond acceptors (Lipinski definition) is 2. The van der Waals surface area contributed by atoms with Gasteiger partial charge in [-0.1, -0.05) is 47.5 Å². The smallest absolute Gasteiger partial charge is 0.0964 e. The molecule has 0 radical (unpaired) electrons. The van der Waals surface area contributed by atoms with Gasteiger partial charge in [-0.2, -0.15) is 0 Å². The van der Waals surface area contributed by atoms with Gasteiger partial charge in [0.15, 0.2) is 0 Å². The third-order valence-corrected chi connectivity index (χ3v) is 3.64. The van der Waals surface area contributed by atoms with Gasteiger partial charge in [-0.25, -0.2) is 0 Å². The third kappa shape index (κ3) is 2.84. The maximum Gasteiger partial charge on any atom is 0.0964 e. The van der Waals surface area contributed by atoms with Crippen molar-refractivity contribution in [1.29, 1.82) is 0 Å². The molecule has 0 aliphatic carbocycles. The maximum atomic E-state index is 6.10. The van der Waals surface area contributed by atoms with Crippen LogP contribution in [0.4, 0.5) is 0 Å². The van der Waals surface area contributed by atoms with Gasteiger partial charge in [0.25, 0.3) is 0 Å². The molecular formula is C13H18BrNO. The highest BCUT2D eigenvalue weighted by molar-refractivity contribution is 9.10. The van der Waals surface area contributed by atoms with Gasteiger partial charge in [0.05, 0.1) is 12.2 Å². The van der Waals surface area contributed by atoms with Crippen LogP contribution in [0.15, 0.2) is 28.7 Å². The fourth-order valence-electron chi connectivity index (χ4n) is 2.12. The molecule has 1 aliphatic rings. The number of morpholine rings is 1. The molecular weight excluding hydrogens is 266 g/mol. The minimum atomic E-state index is 0.181. The number of ether oxygens (including phenoxy) is 1. The summed E-state index contributed by atoms with van der Waals surface area (Å²) in [5, 5.41) is 3.45. The lowest BCUT2D eigenvalue weighted by Gasteiger charge is -2.31. The summed E-state index contributed by atoms with van der Waals surface area (Å²) in [6.07, 6.45) is 2.85. The van der Waals surface area contributed by atoms with E-state index < -0.39 is 0 Å². The number of halogens is 1. The molecule has 0 saturated carbocycles. The first-order valence-electron chi connectivity index (χ1n) is 5.92. The van der Waals surface area contributed by atoms with Crippen LogP contribution in [-0.4, -0.2) is 19.2 Å². The van der Waals surface area contributed by atoms with E-state index in [9.17, 15) is 0 Å². The summed E-state index contributed by atoms with van der Waals surface area (Å²) in [5.41, 5.74) is 1.25. The van der Waals surface area contributed by atoms with Crippen molar-refractivity contribution in [3.63, 3.8) is 0 Å². The Balaban J connectivity index is 2.07.